The molecule has 1 heterocycles. The lowest BCUT2D eigenvalue weighted by atomic mass is 10.0. The van der Waals surface area contributed by atoms with Gasteiger partial charge in [-0.25, -0.2) is 18.2 Å². The van der Waals surface area contributed by atoms with Crippen LogP contribution in [0.15, 0.2) is 9.72 Å². The molecule has 0 aliphatic rings. The van der Waals surface area contributed by atoms with Crippen molar-refractivity contribution < 1.29 is 18.3 Å². The first-order valence-electron chi connectivity index (χ1n) is 5.30. The van der Waals surface area contributed by atoms with Gasteiger partial charge in [0.2, 0.25) is 0 Å². The highest BCUT2D eigenvalue weighted by atomic mass is 32.2. The molecule has 102 valence electrons. The lowest BCUT2D eigenvalue weighted by Crippen LogP contribution is -2.44. The van der Waals surface area contributed by atoms with Gasteiger partial charge in [-0.15, -0.1) is 11.3 Å². The summed E-state index contributed by atoms with van der Waals surface area (Å²) >= 11 is 0.818. The Morgan fingerprint density at radius 2 is 2.11 bits per heavy atom. The molecule has 0 bridgehead atoms. The average Bonchev–Trinajstić information content (AvgIpc) is 2.77. The first-order valence-corrected chi connectivity index (χ1v) is 7.62. The molecule has 6 nitrogen and oxygen atoms in total. The van der Waals surface area contributed by atoms with Gasteiger partial charge in [0.1, 0.15) is 0 Å². The number of rotatable bonds is 5. The molecule has 0 unspecified atom stereocenters. The zero-order chi connectivity index (χ0) is 14.1. The maximum Gasteiger partial charge on any atom is 0.356 e. The van der Waals surface area contributed by atoms with Crippen molar-refractivity contribution in [2.75, 3.05) is 7.05 Å². The summed E-state index contributed by atoms with van der Waals surface area (Å²) in [6, 6.07) is 0. The van der Waals surface area contributed by atoms with Gasteiger partial charge in [-0.1, -0.05) is 6.92 Å². The summed E-state index contributed by atoms with van der Waals surface area (Å²) in [5, 5.41) is 8.92. The van der Waals surface area contributed by atoms with Crippen molar-refractivity contribution in [1.29, 1.82) is 0 Å². The van der Waals surface area contributed by atoms with Gasteiger partial charge >= 0.3 is 5.97 Å². The monoisotopic (exact) mass is 292 g/mol. The van der Waals surface area contributed by atoms with E-state index in [4.69, 9.17) is 5.11 Å². The van der Waals surface area contributed by atoms with Gasteiger partial charge in [-0.05, 0) is 20.3 Å². The van der Waals surface area contributed by atoms with Crippen molar-refractivity contribution in [3.63, 3.8) is 0 Å². The molecule has 0 atom stereocenters. The molecule has 18 heavy (non-hydrogen) atoms. The number of hydrogen-bond donors (Lipinski definition) is 1. The van der Waals surface area contributed by atoms with E-state index in [0.29, 0.717) is 6.42 Å². The molecular formula is C10H16N2O4S2. The smallest absolute Gasteiger partial charge is 0.356 e. The molecule has 0 fully saturated rings. The second-order valence-corrected chi connectivity index (χ2v) is 7.45. The van der Waals surface area contributed by atoms with Gasteiger partial charge in [0.15, 0.2) is 9.90 Å². The second kappa shape index (κ2) is 4.94. The number of aromatic carboxylic acids is 1. The Bertz CT molecular complexity index is 548. The van der Waals surface area contributed by atoms with E-state index in [9.17, 15) is 13.2 Å². The van der Waals surface area contributed by atoms with Crippen LogP contribution in [-0.4, -0.2) is 41.4 Å². The number of carboxylic acids is 1. The number of carbonyl (C=O) groups is 1. The predicted octanol–water partition coefficient (Wildman–Crippen LogP) is 1.65. The van der Waals surface area contributed by atoms with Crippen molar-refractivity contribution in [2.45, 2.75) is 36.9 Å². The Morgan fingerprint density at radius 3 is 2.56 bits per heavy atom. The second-order valence-electron chi connectivity index (χ2n) is 4.43. The Morgan fingerprint density at radius 1 is 1.56 bits per heavy atom. The van der Waals surface area contributed by atoms with Crippen molar-refractivity contribution in [1.82, 2.24) is 9.29 Å². The van der Waals surface area contributed by atoms with Crippen molar-refractivity contribution in [3.8, 4) is 0 Å². The topological polar surface area (TPSA) is 87.6 Å². The lowest BCUT2D eigenvalue weighted by Gasteiger charge is -2.33. The summed E-state index contributed by atoms with van der Waals surface area (Å²) in [6.45, 7) is 5.44. The third-order valence-electron chi connectivity index (χ3n) is 3.05. The van der Waals surface area contributed by atoms with Crippen LogP contribution < -0.4 is 0 Å². The van der Waals surface area contributed by atoms with E-state index in [1.807, 2.05) is 6.92 Å². The molecule has 0 aromatic carbocycles. The summed E-state index contributed by atoms with van der Waals surface area (Å²) in [5.74, 6) is -1.34. The van der Waals surface area contributed by atoms with Crippen LogP contribution in [0.2, 0.25) is 0 Å². The highest BCUT2D eigenvalue weighted by molar-refractivity contribution is 7.91. The summed E-state index contributed by atoms with van der Waals surface area (Å²) in [7, 11) is -2.38. The molecule has 1 aromatic heterocycles. The molecule has 0 aliphatic heterocycles. The first kappa shape index (κ1) is 15.1. The Kier molecular flexibility index (Phi) is 4.14. The fourth-order valence-corrected chi connectivity index (χ4v) is 4.10. The molecule has 8 heteroatoms. The molecule has 1 N–H and O–H groups in total. The minimum absolute atomic E-state index is 0.223. The van der Waals surface area contributed by atoms with Gasteiger partial charge in [0.05, 0.1) is 5.51 Å². The normalized spacial score (nSPS) is 12.9. The number of aromatic nitrogens is 1. The molecule has 0 spiro atoms. The molecular weight excluding hydrogens is 276 g/mol. The maximum absolute atomic E-state index is 12.4. The van der Waals surface area contributed by atoms with Gasteiger partial charge in [-0.3, -0.25) is 0 Å². The minimum atomic E-state index is -3.83. The standard InChI is InChI=1S/C10H16N2O4S2/c1-5-10(2,3)12(4)18(15,16)9-7(8(13)14)11-6-17-9/h6H,5H2,1-4H3,(H,13,14). The zero-order valence-electron chi connectivity index (χ0n) is 10.7. The van der Waals surface area contributed by atoms with Crippen LogP contribution in [0.3, 0.4) is 0 Å². The third-order valence-corrected chi connectivity index (χ3v) is 6.47. The Hall–Kier alpha value is -0.990. The van der Waals surface area contributed by atoms with Crippen LogP contribution in [-0.2, 0) is 10.0 Å². The van der Waals surface area contributed by atoms with Gasteiger partial charge in [0, 0.05) is 12.6 Å². The van der Waals surface area contributed by atoms with Crippen molar-refractivity contribution in [2.24, 2.45) is 0 Å². The van der Waals surface area contributed by atoms with Crippen molar-refractivity contribution >= 4 is 27.3 Å². The minimum Gasteiger partial charge on any atom is -0.476 e. The van der Waals surface area contributed by atoms with Crippen molar-refractivity contribution in [3.05, 3.63) is 11.2 Å². The molecule has 1 aromatic rings. The van der Waals surface area contributed by atoms with E-state index in [0.717, 1.165) is 11.3 Å². The summed E-state index contributed by atoms with van der Waals surface area (Å²) < 4.78 is 25.7. The molecule has 0 saturated heterocycles. The molecule has 0 aliphatic carbocycles. The van der Waals surface area contributed by atoms with E-state index < -0.39 is 27.2 Å². The number of thiazole rings is 1. The van der Waals surface area contributed by atoms with E-state index in [2.05, 4.69) is 4.98 Å². The predicted molar refractivity (Wildman–Crippen MR) is 68.4 cm³/mol. The van der Waals surface area contributed by atoms with E-state index in [1.165, 1.54) is 16.9 Å². The number of nitrogens with zero attached hydrogens (tertiary/aromatic N) is 2. The summed E-state index contributed by atoms with van der Waals surface area (Å²) in [4.78, 5) is 14.5. The van der Waals surface area contributed by atoms with Gasteiger partial charge in [-0.2, -0.15) is 4.31 Å². The SMILES string of the molecule is CCC(C)(C)N(C)S(=O)(=O)c1scnc1C(=O)O. The zero-order valence-corrected chi connectivity index (χ0v) is 12.3. The van der Waals surface area contributed by atoms with E-state index in [-0.39, 0.29) is 4.21 Å². The van der Waals surface area contributed by atoms with Gasteiger partial charge in [0.25, 0.3) is 10.0 Å². The number of hydrogen-bond acceptors (Lipinski definition) is 5. The van der Waals surface area contributed by atoms with Crippen LogP contribution in [0.5, 0.6) is 0 Å². The summed E-state index contributed by atoms with van der Waals surface area (Å²) in [6.07, 6.45) is 0.615. The highest BCUT2D eigenvalue weighted by Crippen LogP contribution is 2.29. The van der Waals surface area contributed by atoms with Crippen LogP contribution in [0, 0.1) is 0 Å². The van der Waals surface area contributed by atoms with Crippen LogP contribution >= 0.6 is 11.3 Å². The molecule has 1 rings (SSSR count). The van der Waals surface area contributed by atoms with E-state index in [1.54, 1.807) is 13.8 Å². The lowest BCUT2D eigenvalue weighted by molar-refractivity contribution is 0.0687. The Balaban J connectivity index is 3.31. The van der Waals surface area contributed by atoms with Crippen LogP contribution in [0.1, 0.15) is 37.7 Å². The largest absolute Gasteiger partial charge is 0.476 e. The number of carboxylic acid groups (broad SMARTS) is 1. The fraction of sp³-hybridized carbons (Fsp3) is 0.600. The maximum atomic E-state index is 12.4. The first-order chi connectivity index (χ1) is 8.14. The van der Waals surface area contributed by atoms with E-state index >= 15 is 0 Å². The molecule has 0 amide bonds. The third kappa shape index (κ3) is 2.55. The van der Waals surface area contributed by atoms with Crippen LogP contribution in [0.4, 0.5) is 0 Å². The van der Waals surface area contributed by atoms with Gasteiger partial charge < -0.3 is 5.11 Å². The van der Waals surface area contributed by atoms with Crippen LogP contribution in [0.25, 0.3) is 0 Å². The average molecular weight is 292 g/mol. The highest BCUT2D eigenvalue weighted by Gasteiger charge is 2.36. The fourth-order valence-electron chi connectivity index (χ4n) is 1.23. The summed E-state index contributed by atoms with van der Waals surface area (Å²) in [5.41, 5.74) is 0.223. The number of sulfonamides is 1. The quantitative estimate of drug-likeness (QED) is 0.891. The molecule has 0 radical (unpaired) electrons. The Labute approximate surface area is 110 Å². The molecule has 0 saturated carbocycles.